The van der Waals surface area contributed by atoms with Crippen LogP contribution in [0.1, 0.15) is 0 Å². The molecule has 0 aromatic heterocycles. The molecule has 1 heterocycles. The Bertz CT molecular complexity index is 394. The third-order valence-corrected chi connectivity index (χ3v) is 2.54. The molecule has 6 heteroatoms. The van der Waals surface area contributed by atoms with E-state index in [1.165, 1.54) is 12.1 Å². The van der Waals surface area contributed by atoms with Crippen molar-refractivity contribution in [1.82, 2.24) is 0 Å². The first-order valence-corrected chi connectivity index (χ1v) is 4.75. The van der Waals surface area contributed by atoms with Crippen LogP contribution in [0.4, 0.5) is 11.4 Å². The molecule has 0 radical (unpaired) electrons. The zero-order valence-corrected chi connectivity index (χ0v) is 8.38. The average molecular weight is 223 g/mol. The SMILES string of the molecule is [O-]N1C(CO)=C(CO)[NH+]([O-])c2ccccc21. The number of anilines is 1. The summed E-state index contributed by atoms with van der Waals surface area (Å²) in [7, 11) is 0. The second-order valence-electron chi connectivity index (χ2n) is 3.38. The maximum atomic E-state index is 11.9. The largest absolute Gasteiger partial charge is 0.754 e. The van der Waals surface area contributed by atoms with E-state index in [1.807, 2.05) is 0 Å². The summed E-state index contributed by atoms with van der Waals surface area (Å²) in [6.07, 6.45) is 0. The lowest BCUT2D eigenvalue weighted by atomic mass is 10.1. The van der Waals surface area contributed by atoms with Gasteiger partial charge in [-0.2, -0.15) is 0 Å². The first-order valence-electron chi connectivity index (χ1n) is 4.75. The molecule has 0 saturated heterocycles. The van der Waals surface area contributed by atoms with Crippen molar-refractivity contribution in [1.29, 1.82) is 0 Å². The number of fused-ring (bicyclic) bond motifs is 1. The van der Waals surface area contributed by atoms with Crippen LogP contribution in [0.3, 0.4) is 0 Å². The number of nitrogens with one attached hydrogen (secondary N) is 1. The van der Waals surface area contributed by atoms with E-state index in [2.05, 4.69) is 0 Å². The Kier molecular flexibility index (Phi) is 2.90. The lowest BCUT2D eigenvalue weighted by molar-refractivity contribution is -0.734. The van der Waals surface area contributed by atoms with Gasteiger partial charge in [0.25, 0.3) is 0 Å². The Morgan fingerprint density at radius 1 is 1.19 bits per heavy atom. The zero-order valence-electron chi connectivity index (χ0n) is 8.38. The topological polar surface area (TPSA) is 94.3 Å². The fourth-order valence-electron chi connectivity index (χ4n) is 1.73. The van der Waals surface area contributed by atoms with Crippen LogP contribution < -0.4 is 10.1 Å². The number of hydrogen-bond acceptors (Lipinski definition) is 5. The standard InChI is InChI=1S/C10H11N2O4/c13-5-9-10(6-14)12(16)8-4-2-1-3-7(8)11(9)15/h1-4,11,13-14H,5-6H2/q-1. The second kappa shape index (κ2) is 4.20. The normalized spacial score (nSPS) is 20.0. The quantitative estimate of drug-likeness (QED) is 0.571. The third kappa shape index (κ3) is 1.49. The first-order chi connectivity index (χ1) is 7.70. The number of para-hydroxylation sites is 2. The minimum absolute atomic E-state index is 0.0452. The van der Waals surface area contributed by atoms with E-state index in [0.29, 0.717) is 5.06 Å². The molecule has 6 nitrogen and oxygen atoms in total. The monoisotopic (exact) mass is 223 g/mol. The first kappa shape index (κ1) is 11.1. The van der Waals surface area contributed by atoms with Crippen molar-refractivity contribution in [3.8, 4) is 0 Å². The Balaban J connectivity index is 2.57. The van der Waals surface area contributed by atoms with Gasteiger partial charge < -0.3 is 30.8 Å². The van der Waals surface area contributed by atoms with Gasteiger partial charge in [-0.25, -0.2) is 0 Å². The molecule has 0 fully saturated rings. The maximum absolute atomic E-state index is 11.9. The predicted molar refractivity (Wildman–Crippen MR) is 57.5 cm³/mol. The molecule has 0 aliphatic carbocycles. The number of quaternary nitrogens is 1. The third-order valence-electron chi connectivity index (χ3n) is 2.54. The fraction of sp³-hybridized carbons (Fsp3) is 0.200. The number of aliphatic hydroxyl groups is 2. The summed E-state index contributed by atoms with van der Waals surface area (Å²) < 4.78 is 0. The van der Waals surface area contributed by atoms with E-state index >= 15 is 0 Å². The summed E-state index contributed by atoms with van der Waals surface area (Å²) in [4.78, 5) is 0. The molecule has 16 heavy (non-hydrogen) atoms. The molecule has 1 atom stereocenters. The van der Waals surface area contributed by atoms with Crippen molar-refractivity contribution < 1.29 is 15.3 Å². The van der Waals surface area contributed by atoms with Crippen molar-refractivity contribution in [2.75, 3.05) is 18.3 Å². The molecule has 0 bridgehead atoms. The maximum Gasteiger partial charge on any atom is 0.159 e. The van der Waals surface area contributed by atoms with E-state index in [4.69, 9.17) is 10.2 Å². The van der Waals surface area contributed by atoms with Gasteiger partial charge in [0.05, 0.1) is 18.0 Å². The highest BCUT2D eigenvalue weighted by atomic mass is 16.5. The van der Waals surface area contributed by atoms with E-state index in [0.717, 1.165) is 0 Å². The van der Waals surface area contributed by atoms with Gasteiger partial charge in [-0.1, -0.05) is 12.1 Å². The van der Waals surface area contributed by atoms with Gasteiger partial charge in [0.15, 0.2) is 11.4 Å². The molecule has 3 N–H and O–H groups in total. The van der Waals surface area contributed by atoms with Gasteiger partial charge in [0.1, 0.15) is 6.61 Å². The highest BCUT2D eigenvalue weighted by Crippen LogP contribution is 2.29. The Labute approximate surface area is 91.8 Å². The smallest absolute Gasteiger partial charge is 0.159 e. The van der Waals surface area contributed by atoms with Crippen molar-refractivity contribution in [2.45, 2.75) is 0 Å². The van der Waals surface area contributed by atoms with Crippen LogP contribution in [-0.2, 0) is 0 Å². The number of nitrogens with zero attached hydrogens (tertiary/aromatic N) is 1. The average Bonchev–Trinajstić information content (AvgIpc) is 2.33. The molecule has 0 saturated carbocycles. The second-order valence-corrected chi connectivity index (χ2v) is 3.38. The minimum Gasteiger partial charge on any atom is -0.754 e. The number of rotatable bonds is 2. The van der Waals surface area contributed by atoms with Gasteiger partial charge >= 0.3 is 0 Å². The minimum atomic E-state index is -0.570. The molecular weight excluding hydrogens is 212 g/mol. The Hall–Kier alpha value is -1.44. The van der Waals surface area contributed by atoms with Crippen LogP contribution in [0.25, 0.3) is 0 Å². The van der Waals surface area contributed by atoms with Crippen molar-refractivity contribution >= 4 is 11.4 Å². The fourth-order valence-corrected chi connectivity index (χ4v) is 1.73. The molecule has 2 rings (SSSR count). The summed E-state index contributed by atoms with van der Waals surface area (Å²) in [6, 6.07) is 6.30. The number of hydroxylamine groups is 2. The van der Waals surface area contributed by atoms with Gasteiger partial charge in [-0.15, -0.1) is 0 Å². The highest BCUT2D eigenvalue weighted by molar-refractivity contribution is 5.69. The van der Waals surface area contributed by atoms with E-state index in [9.17, 15) is 10.4 Å². The summed E-state index contributed by atoms with van der Waals surface area (Å²) in [5, 5.41) is 41.8. The number of benzene rings is 1. The lowest BCUT2D eigenvalue weighted by Gasteiger charge is -2.41. The van der Waals surface area contributed by atoms with E-state index < -0.39 is 18.3 Å². The van der Waals surface area contributed by atoms with Crippen LogP contribution >= 0.6 is 0 Å². The van der Waals surface area contributed by atoms with Gasteiger partial charge in [-0.05, 0) is 6.07 Å². The summed E-state index contributed by atoms with van der Waals surface area (Å²) in [5.74, 6) is 0. The molecule has 86 valence electrons. The number of aliphatic hydroxyl groups excluding tert-OH is 2. The van der Waals surface area contributed by atoms with Crippen LogP contribution in [0.5, 0.6) is 0 Å². The Morgan fingerprint density at radius 3 is 2.50 bits per heavy atom. The highest BCUT2D eigenvalue weighted by Gasteiger charge is 2.25. The lowest BCUT2D eigenvalue weighted by Crippen LogP contribution is -3.01. The summed E-state index contributed by atoms with van der Waals surface area (Å²) in [5.41, 5.74) is 0.315. The van der Waals surface area contributed by atoms with Crippen LogP contribution in [0.15, 0.2) is 35.7 Å². The van der Waals surface area contributed by atoms with Gasteiger partial charge in [0, 0.05) is 6.07 Å². The van der Waals surface area contributed by atoms with Gasteiger partial charge in [0.2, 0.25) is 0 Å². The van der Waals surface area contributed by atoms with Crippen LogP contribution in [0.2, 0.25) is 0 Å². The van der Waals surface area contributed by atoms with Crippen LogP contribution in [0, 0.1) is 10.4 Å². The molecule has 1 aromatic carbocycles. The van der Waals surface area contributed by atoms with E-state index in [1.54, 1.807) is 12.1 Å². The molecule has 1 aliphatic rings. The summed E-state index contributed by atoms with van der Waals surface area (Å²) in [6.45, 7) is -1.12. The molecule has 1 aromatic rings. The van der Waals surface area contributed by atoms with Crippen LogP contribution in [-0.4, -0.2) is 23.4 Å². The Morgan fingerprint density at radius 2 is 1.88 bits per heavy atom. The van der Waals surface area contributed by atoms with Crippen molar-refractivity contribution in [3.05, 3.63) is 46.1 Å². The summed E-state index contributed by atoms with van der Waals surface area (Å²) >= 11 is 0. The van der Waals surface area contributed by atoms with Crippen molar-refractivity contribution in [2.24, 2.45) is 0 Å². The molecule has 0 amide bonds. The van der Waals surface area contributed by atoms with E-state index in [-0.39, 0.29) is 22.8 Å². The number of hydrogen-bond donors (Lipinski definition) is 3. The molecule has 1 unspecified atom stereocenters. The molecular formula is C10H11N2O4-. The molecule has 0 spiro atoms. The predicted octanol–water partition coefficient (Wildman–Crippen LogP) is -0.785. The zero-order chi connectivity index (χ0) is 11.7. The molecule has 1 aliphatic heterocycles. The van der Waals surface area contributed by atoms with Crippen molar-refractivity contribution in [3.63, 3.8) is 0 Å². The van der Waals surface area contributed by atoms with Gasteiger partial charge in [-0.3, -0.25) is 0 Å².